The van der Waals surface area contributed by atoms with Crippen molar-refractivity contribution in [1.82, 2.24) is 5.32 Å². The van der Waals surface area contributed by atoms with Crippen molar-refractivity contribution in [3.05, 3.63) is 0 Å². The molecule has 2 heterocycles. The molecule has 2 aliphatic heterocycles. The summed E-state index contributed by atoms with van der Waals surface area (Å²) in [7, 11) is 0. The number of carboxylic acid groups (broad SMARTS) is 1. The van der Waals surface area contributed by atoms with Crippen LogP contribution in [0.5, 0.6) is 0 Å². The van der Waals surface area contributed by atoms with Crippen LogP contribution in [-0.4, -0.2) is 53.7 Å². The maximum atomic E-state index is 10.7. The monoisotopic (exact) mass is 216 g/mol. The molecule has 0 amide bonds. The fourth-order valence-electron chi connectivity index (χ4n) is 1.42. The molecular weight excluding hydrogens is 204 g/mol. The van der Waals surface area contributed by atoms with Gasteiger partial charge in [-0.2, -0.15) is 0 Å². The van der Waals surface area contributed by atoms with E-state index in [0.29, 0.717) is 12.4 Å². The zero-order chi connectivity index (χ0) is 9.97. The van der Waals surface area contributed by atoms with E-state index in [0.717, 1.165) is 18.1 Å². The Hall–Kier alpha value is -0.590. The van der Waals surface area contributed by atoms with E-state index in [1.54, 1.807) is 0 Å². The fourth-order valence-corrected chi connectivity index (χ4v) is 2.50. The topological polar surface area (TPSA) is 70.9 Å². The summed E-state index contributed by atoms with van der Waals surface area (Å²) in [5.41, 5.74) is 0. The molecule has 0 aromatic rings. The van der Waals surface area contributed by atoms with Crippen LogP contribution in [0.4, 0.5) is 0 Å². The van der Waals surface area contributed by atoms with Crippen molar-refractivity contribution in [1.29, 1.82) is 0 Å². The van der Waals surface area contributed by atoms with Crippen molar-refractivity contribution in [3.63, 3.8) is 0 Å². The molecule has 1 fully saturated rings. The first-order chi connectivity index (χ1) is 6.77. The predicted octanol–water partition coefficient (Wildman–Crippen LogP) is -0.427. The molecule has 2 aliphatic rings. The highest BCUT2D eigenvalue weighted by Crippen LogP contribution is 2.22. The third-order valence-electron chi connectivity index (χ3n) is 2.16. The molecule has 1 saturated heterocycles. The van der Waals surface area contributed by atoms with Crippen LogP contribution in [0, 0.1) is 0 Å². The summed E-state index contributed by atoms with van der Waals surface area (Å²) in [6.07, 6.45) is -0.0434. The number of hydrogen-bond acceptors (Lipinski definition) is 5. The lowest BCUT2D eigenvalue weighted by Gasteiger charge is -2.22. The molecule has 0 aromatic heterocycles. The summed E-state index contributed by atoms with van der Waals surface area (Å²) in [5.74, 6) is -0.318. The number of morpholine rings is 1. The average Bonchev–Trinajstić information content (AvgIpc) is 2.68. The van der Waals surface area contributed by atoms with Crippen molar-refractivity contribution in [2.75, 3.05) is 25.4 Å². The Morgan fingerprint density at radius 3 is 3.14 bits per heavy atom. The van der Waals surface area contributed by atoms with Gasteiger partial charge in [-0.05, 0) is 0 Å². The minimum Gasteiger partial charge on any atom is -0.480 e. The molecule has 2 unspecified atom stereocenters. The van der Waals surface area contributed by atoms with Crippen LogP contribution in [0.1, 0.15) is 0 Å². The number of ether oxygens (including phenoxy) is 1. The smallest absolute Gasteiger partial charge is 0.329 e. The van der Waals surface area contributed by atoms with Gasteiger partial charge in [-0.1, -0.05) is 0 Å². The Kier molecular flexibility index (Phi) is 3.05. The Balaban J connectivity index is 1.97. The van der Waals surface area contributed by atoms with Gasteiger partial charge in [0.2, 0.25) is 0 Å². The number of nitrogens with zero attached hydrogens (tertiary/aromatic N) is 1. The zero-order valence-corrected chi connectivity index (χ0v) is 8.42. The standard InChI is InChI=1S/C8H12N2O3S/c11-8(12)5-4-14-7(10-5)6-3-9-1-2-13-6/h5-6,9H,1-4H2,(H,11,12). The Labute approximate surface area is 85.9 Å². The van der Waals surface area contributed by atoms with Gasteiger partial charge >= 0.3 is 5.97 Å². The molecule has 0 aliphatic carbocycles. The molecule has 5 nitrogen and oxygen atoms in total. The number of rotatable bonds is 2. The van der Waals surface area contributed by atoms with Crippen molar-refractivity contribution >= 4 is 22.8 Å². The second-order valence-electron chi connectivity index (χ2n) is 3.20. The molecule has 78 valence electrons. The molecular formula is C8H12N2O3S. The minimum absolute atomic E-state index is 0.0434. The number of hydrogen-bond donors (Lipinski definition) is 2. The summed E-state index contributed by atoms with van der Waals surface area (Å²) in [6.45, 7) is 2.26. The molecule has 0 saturated carbocycles. The highest BCUT2D eigenvalue weighted by Gasteiger charge is 2.30. The fraction of sp³-hybridized carbons (Fsp3) is 0.750. The summed E-state index contributed by atoms with van der Waals surface area (Å²) in [4.78, 5) is 14.8. The SMILES string of the molecule is O=C(O)C1CSC(C2CNCCO2)=N1. The maximum absolute atomic E-state index is 10.7. The molecule has 0 radical (unpaired) electrons. The number of thioether (sulfide) groups is 1. The van der Waals surface area contributed by atoms with Crippen molar-refractivity contribution < 1.29 is 14.6 Å². The van der Waals surface area contributed by atoms with E-state index in [-0.39, 0.29) is 6.10 Å². The van der Waals surface area contributed by atoms with Gasteiger partial charge in [0, 0.05) is 18.8 Å². The number of carbonyl (C=O) groups is 1. The van der Waals surface area contributed by atoms with Gasteiger partial charge in [-0.25, -0.2) is 4.79 Å². The number of carboxylic acids is 1. The van der Waals surface area contributed by atoms with Crippen molar-refractivity contribution in [3.8, 4) is 0 Å². The van der Waals surface area contributed by atoms with E-state index in [1.165, 1.54) is 11.8 Å². The van der Waals surface area contributed by atoms with Gasteiger partial charge in [-0.15, -0.1) is 11.8 Å². The summed E-state index contributed by atoms with van der Waals surface area (Å²) < 4.78 is 5.48. The Bertz CT molecular complexity index is 263. The molecule has 0 aromatic carbocycles. The predicted molar refractivity (Wildman–Crippen MR) is 53.9 cm³/mol. The van der Waals surface area contributed by atoms with E-state index in [1.807, 2.05) is 0 Å². The van der Waals surface area contributed by atoms with Gasteiger partial charge in [-0.3, -0.25) is 4.99 Å². The second kappa shape index (κ2) is 4.29. The van der Waals surface area contributed by atoms with Gasteiger partial charge in [0.1, 0.15) is 6.10 Å². The van der Waals surface area contributed by atoms with Gasteiger partial charge in [0.15, 0.2) is 6.04 Å². The number of aliphatic imine (C=N–C) groups is 1. The van der Waals surface area contributed by atoms with E-state index >= 15 is 0 Å². The molecule has 0 spiro atoms. The van der Waals surface area contributed by atoms with E-state index < -0.39 is 12.0 Å². The lowest BCUT2D eigenvalue weighted by molar-refractivity contribution is -0.137. The summed E-state index contributed by atoms with van der Waals surface area (Å²) in [5, 5.41) is 12.8. The molecule has 2 N–H and O–H groups in total. The van der Waals surface area contributed by atoms with Crippen LogP contribution >= 0.6 is 11.8 Å². The molecule has 2 atom stereocenters. The van der Waals surface area contributed by atoms with E-state index in [2.05, 4.69) is 10.3 Å². The van der Waals surface area contributed by atoms with Gasteiger partial charge < -0.3 is 15.2 Å². The van der Waals surface area contributed by atoms with E-state index in [4.69, 9.17) is 9.84 Å². The second-order valence-corrected chi connectivity index (χ2v) is 4.24. The highest BCUT2D eigenvalue weighted by atomic mass is 32.2. The van der Waals surface area contributed by atoms with Gasteiger partial charge in [0.25, 0.3) is 0 Å². The summed E-state index contributed by atoms with van der Waals surface area (Å²) in [6, 6.07) is -0.583. The van der Waals surface area contributed by atoms with Crippen molar-refractivity contribution in [2.45, 2.75) is 12.1 Å². The minimum atomic E-state index is -0.851. The molecule has 2 rings (SSSR count). The largest absolute Gasteiger partial charge is 0.480 e. The number of aliphatic carboxylic acids is 1. The van der Waals surface area contributed by atoms with Crippen LogP contribution in [0.2, 0.25) is 0 Å². The summed E-state index contributed by atoms with van der Waals surface area (Å²) >= 11 is 1.49. The van der Waals surface area contributed by atoms with Crippen molar-refractivity contribution in [2.24, 2.45) is 4.99 Å². The van der Waals surface area contributed by atoms with Crippen LogP contribution in [0.25, 0.3) is 0 Å². The lowest BCUT2D eigenvalue weighted by Crippen LogP contribution is -2.41. The first-order valence-corrected chi connectivity index (χ1v) is 5.51. The molecule has 14 heavy (non-hydrogen) atoms. The zero-order valence-electron chi connectivity index (χ0n) is 7.60. The van der Waals surface area contributed by atoms with E-state index in [9.17, 15) is 4.79 Å². The molecule has 6 heteroatoms. The first kappa shape index (κ1) is 9.95. The van der Waals surface area contributed by atoms with Crippen LogP contribution in [0.15, 0.2) is 4.99 Å². The average molecular weight is 216 g/mol. The van der Waals surface area contributed by atoms with Crippen LogP contribution in [0.3, 0.4) is 0 Å². The van der Waals surface area contributed by atoms with Crippen LogP contribution in [-0.2, 0) is 9.53 Å². The Morgan fingerprint density at radius 2 is 2.57 bits per heavy atom. The Morgan fingerprint density at radius 1 is 1.71 bits per heavy atom. The van der Waals surface area contributed by atoms with Gasteiger partial charge in [0.05, 0.1) is 11.7 Å². The number of nitrogens with one attached hydrogen (secondary N) is 1. The lowest BCUT2D eigenvalue weighted by atomic mass is 10.3. The third-order valence-corrected chi connectivity index (χ3v) is 3.31. The third kappa shape index (κ3) is 2.08. The molecule has 0 bridgehead atoms. The first-order valence-electron chi connectivity index (χ1n) is 4.53. The maximum Gasteiger partial charge on any atom is 0.329 e. The normalized spacial score (nSPS) is 32.7. The quantitative estimate of drug-likeness (QED) is 0.655. The van der Waals surface area contributed by atoms with Crippen LogP contribution < -0.4 is 5.32 Å². The highest BCUT2D eigenvalue weighted by molar-refractivity contribution is 8.14.